The Morgan fingerprint density at radius 2 is 0.522 bits per heavy atom. The molecule has 90 heavy (non-hydrogen) atoms. The van der Waals surface area contributed by atoms with E-state index in [1.54, 1.807) is 92.4 Å². The molecule has 22 nitrogen and oxygen atoms in total. The molecule has 0 radical (unpaired) electrons. The SMILES string of the molecule is CC(C)(C)OC(=O)N1C2CC(C2)C1CN1C(=O)c2ccccc2C1=O.CC(C)(C)OC(=O)N1C2CC(C2)C1CO.CC(C)(C)OC(=O)N1C2CC(C2)[C@@H]1CN1C(=O)c2ccccc2C1=O.CC(C)(C)OC(=O)N1C2CC(C2)[C@H]1CN1C(=O)c2ccccc2C1=O. The van der Waals surface area contributed by atoms with Crippen molar-refractivity contribution in [2.75, 3.05) is 26.2 Å². The van der Waals surface area contributed by atoms with Gasteiger partial charge in [0.1, 0.15) is 22.4 Å². The minimum atomic E-state index is -0.565. The Morgan fingerprint density at radius 3 is 0.700 bits per heavy atom. The molecular formula is C68H85N7O15. The molecular weight excluding hydrogens is 1150 g/mol. The van der Waals surface area contributed by atoms with Gasteiger partial charge in [-0.15, -0.1) is 0 Å². The molecule has 3 aromatic rings. The third-order valence-electron chi connectivity index (χ3n) is 19.1. The first-order valence-electron chi connectivity index (χ1n) is 31.7. The number of hydrogen-bond donors (Lipinski definition) is 1. The van der Waals surface area contributed by atoms with Crippen molar-refractivity contribution in [2.45, 2.75) is 205 Å². The molecule has 4 atom stereocenters. The summed E-state index contributed by atoms with van der Waals surface area (Å²) in [6.45, 7) is 22.9. The van der Waals surface area contributed by atoms with Gasteiger partial charge in [-0.05, 0) is 195 Å². The lowest BCUT2D eigenvalue weighted by Gasteiger charge is -2.30. The summed E-state index contributed by atoms with van der Waals surface area (Å²) in [5.74, 6) is -0.119. The Kier molecular flexibility index (Phi) is 16.6. The van der Waals surface area contributed by atoms with Crippen molar-refractivity contribution in [3.8, 4) is 0 Å². The molecule has 4 saturated carbocycles. The number of nitrogens with zero attached hydrogens (tertiary/aromatic N) is 7. The molecule has 8 saturated heterocycles. The number of benzene rings is 3. The molecule has 10 amide bonds. The highest BCUT2D eigenvalue weighted by atomic mass is 16.6. The Hall–Kier alpha value is -7.88. The van der Waals surface area contributed by atoms with E-state index in [1.165, 1.54) is 14.7 Å². The molecule has 15 aliphatic rings. The van der Waals surface area contributed by atoms with Crippen LogP contribution in [0.4, 0.5) is 19.2 Å². The molecule has 22 heteroatoms. The van der Waals surface area contributed by atoms with Crippen LogP contribution in [-0.2, 0) is 18.9 Å². The zero-order valence-electron chi connectivity index (χ0n) is 53.6. The summed E-state index contributed by atoms with van der Waals surface area (Å²) in [6.07, 6.45) is 6.29. The van der Waals surface area contributed by atoms with Gasteiger partial charge in [-0.1, -0.05) is 36.4 Å². The van der Waals surface area contributed by atoms with E-state index in [-0.39, 0.29) is 128 Å². The molecule has 0 spiro atoms. The number of aliphatic hydroxyl groups excluding tert-OH is 1. The highest BCUT2D eigenvalue weighted by molar-refractivity contribution is 6.23. The molecule has 8 bridgehead atoms. The largest absolute Gasteiger partial charge is 0.444 e. The lowest BCUT2D eigenvalue weighted by Crippen LogP contribution is -2.47. The molecule has 18 rings (SSSR count). The molecule has 0 aromatic heterocycles. The predicted molar refractivity (Wildman–Crippen MR) is 326 cm³/mol. The molecule has 2 unspecified atom stereocenters. The van der Waals surface area contributed by atoms with Crippen molar-refractivity contribution in [3.05, 3.63) is 106 Å². The summed E-state index contributed by atoms with van der Waals surface area (Å²) in [5, 5.41) is 9.23. The number of fused-ring (bicyclic) bond motifs is 7. The van der Waals surface area contributed by atoms with Gasteiger partial charge in [-0.3, -0.25) is 48.4 Å². The molecule has 4 aliphatic carbocycles. The summed E-state index contributed by atoms with van der Waals surface area (Å²) in [7, 11) is 0. The maximum atomic E-state index is 12.6. The molecule has 482 valence electrons. The van der Waals surface area contributed by atoms with Crippen LogP contribution < -0.4 is 0 Å². The summed E-state index contributed by atoms with van der Waals surface area (Å²) in [4.78, 5) is 136. The highest BCUT2D eigenvalue weighted by Gasteiger charge is 2.59. The van der Waals surface area contributed by atoms with Gasteiger partial charge in [0.2, 0.25) is 0 Å². The molecule has 1 N–H and O–H groups in total. The van der Waals surface area contributed by atoms with Crippen molar-refractivity contribution in [1.29, 1.82) is 0 Å². The number of amides is 10. The normalized spacial score (nSPS) is 28.5. The van der Waals surface area contributed by atoms with Gasteiger partial charge in [0.05, 0.1) is 83.8 Å². The first kappa shape index (κ1) is 63.7. The number of carbonyl (C=O) groups excluding carboxylic acids is 10. The first-order chi connectivity index (χ1) is 42.2. The van der Waals surface area contributed by atoms with Crippen LogP contribution in [0.25, 0.3) is 0 Å². The number of rotatable bonds is 7. The number of carbonyl (C=O) groups is 10. The van der Waals surface area contributed by atoms with Crippen LogP contribution in [0.15, 0.2) is 72.8 Å². The third kappa shape index (κ3) is 12.2. The second-order valence-corrected chi connectivity index (χ2v) is 29.8. The van der Waals surface area contributed by atoms with Gasteiger partial charge in [-0.25, -0.2) is 19.2 Å². The highest BCUT2D eigenvalue weighted by Crippen LogP contribution is 2.50. The van der Waals surface area contributed by atoms with Crippen LogP contribution in [0.1, 0.15) is 197 Å². The fourth-order valence-corrected chi connectivity index (χ4v) is 14.8. The van der Waals surface area contributed by atoms with Gasteiger partial charge in [0.25, 0.3) is 35.4 Å². The van der Waals surface area contributed by atoms with Crippen molar-refractivity contribution >= 4 is 59.8 Å². The first-order valence-corrected chi connectivity index (χ1v) is 31.7. The van der Waals surface area contributed by atoms with Crippen molar-refractivity contribution in [1.82, 2.24) is 34.3 Å². The molecule has 3 aromatic carbocycles. The number of aliphatic hydroxyl groups is 1. The van der Waals surface area contributed by atoms with E-state index in [9.17, 15) is 53.1 Å². The van der Waals surface area contributed by atoms with E-state index in [1.807, 2.05) is 83.1 Å². The van der Waals surface area contributed by atoms with Crippen LogP contribution in [-0.4, -0.2) is 196 Å². The molecule has 11 heterocycles. The minimum absolute atomic E-state index is 0.00940. The minimum Gasteiger partial charge on any atom is -0.444 e. The summed E-state index contributed by atoms with van der Waals surface area (Å²) < 4.78 is 21.9. The van der Waals surface area contributed by atoms with E-state index in [2.05, 4.69) is 0 Å². The zero-order chi connectivity index (χ0) is 65.0. The lowest BCUT2D eigenvalue weighted by molar-refractivity contribution is 0.0141. The van der Waals surface area contributed by atoms with Gasteiger partial charge >= 0.3 is 24.4 Å². The third-order valence-corrected chi connectivity index (χ3v) is 19.1. The summed E-state index contributed by atoms with van der Waals surface area (Å²) in [5.41, 5.74) is 0.526. The van der Waals surface area contributed by atoms with Gasteiger partial charge in [-0.2, -0.15) is 0 Å². The van der Waals surface area contributed by atoms with Crippen LogP contribution in [0.2, 0.25) is 0 Å². The number of hydrogen-bond acceptors (Lipinski definition) is 15. The van der Waals surface area contributed by atoms with Crippen LogP contribution in [0.3, 0.4) is 0 Å². The second-order valence-electron chi connectivity index (χ2n) is 29.8. The lowest BCUT2D eigenvalue weighted by atomic mass is 9.83. The smallest absolute Gasteiger partial charge is 0.410 e. The van der Waals surface area contributed by atoms with E-state index in [0.29, 0.717) is 63.1 Å². The molecule has 11 aliphatic heterocycles. The Balaban J connectivity index is 0.000000125. The average molecular weight is 1240 g/mol. The monoisotopic (exact) mass is 1240 g/mol. The standard InChI is InChI=1S/3C19H22N2O4.C11H19NO3/c3*1-19(2,3)25-18(24)21-12-8-11(9-12)15(21)10-20-16(22)13-6-4-5-7-14(13)17(20)23;1-11(2,3)15-10(14)12-8-4-7(5-8)9(12)6-13/h3*4-7,11-12,15H,8-10H2,1-3H3;7-9,13H,4-6H2,1-3H3/t2*11?,12?,15-;;/m10../s1. The Morgan fingerprint density at radius 1 is 0.344 bits per heavy atom. The van der Waals surface area contributed by atoms with E-state index in [0.717, 1.165) is 51.4 Å². The van der Waals surface area contributed by atoms with Crippen molar-refractivity contribution < 1.29 is 72.0 Å². The van der Waals surface area contributed by atoms with Crippen molar-refractivity contribution in [2.24, 2.45) is 23.7 Å². The predicted octanol–water partition coefficient (Wildman–Crippen LogP) is 9.42. The summed E-state index contributed by atoms with van der Waals surface area (Å²) >= 11 is 0. The quantitative estimate of drug-likeness (QED) is 0.171. The van der Waals surface area contributed by atoms with E-state index >= 15 is 0 Å². The van der Waals surface area contributed by atoms with Gasteiger partial charge in [0.15, 0.2) is 0 Å². The van der Waals surface area contributed by atoms with E-state index in [4.69, 9.17) is 18.9 Å². The van der Waals surface area contributed by atoms with Crippen LogP contribution in [0.5, 0.6) is 0 Å². The van der Waals surface area contributed by atoms with Gasteiger partial charge in [0, 0.05) is 24.2 Å². The van der Waals surface area contributed by atoms with Crippen molar-refractivity contribution in [3.63, 3.8) is 0 Å². The fourth-order valence-electron chi connectivity index (χ4n) is 14.8. The fraction of sp³-hybridized carbons (Fsp3) is 0.588. The zero-order valence-corrected chi connectivity index (χ0v) is 53.6. The second kappa shape index (κ2) is 23.4. The Bertz CT molecular complexity index is 2990. The average Bonchev–Trinajstić information content (AvgIpc) is 1.68. The number of ether oxygens (including phenoxy) is 4. The number of imide groups is 3. The molecule has 12 fully saturated rings. The van der Waals surface area contributed by atoms with Crippen LogP contribution in [0, 0.1) is 23.7 Å². The van der Waals surface area contributed by atoms with Gasteiger partial charge < -0.3 is 38.8 Å². The van der Waals surface area contributed by atoms with Crippen LogP contribution >= 0.6 is 0 Å². The maximum Gasteiger partial charge on any atom is 0.410 e. The van der Waals surface area contributed by atoms with E-state index < -0.39 is 22.4 Å². The Labute approximate surface area is 525 Å². The topological polar surface area (TPSA) is 251 Å². The summed E-state index contributed by atoms with van der Waals surface area (Å²) in [6, 6.07) is 20.9. The maximum absolute atomic E-state index is 12.6.